The van der Waals surface area contributed by atoms with E-state index in [0.717, 1.165) is 11.3 Å². The molecule has 4 heteroatoms. The van der Waals surface area contributed by atoms with E-state index in [4.69, 9.17) is 10.5 Å². The highest BCUT2D eigenvalue weighted by Gasteiger charge is 2.27. The molecule has 0 unspecified atom stereocenters. The second-order valence-corrected chi connectivity index (χ2v) is 4.05. The molecule has 0 atom stereocenters. The molecule has 0 aromatic heterocycles. The number of carbonyl (C=O) groups is 1. The summed E-state index contributed by atoms with van der Waals surface area (Å²) in [7, 11) is 1.61. The molecule has 1 aromatic rings. The number of ether oxygens (including phenoxy) is 1. The molecule has 0 aliphatic carbocycles. The lowest BCUT2D eigenvalue weighted by molar-refractivity contribution is -0.134. The van der Waals surface area contributed by atoms with E-state index in [1.165, 1.54) is 0 Å². The molecular weight excluding hydrogens is 204 g/mol. The SMILES string of the molecule is COc1ccccc1CC(=O)N1CC(N)C1. The Morgan fingerprint density at radius 3 is 2.81 bits per heavy atom. The number of nitrogens with two attached hydrogens (primary N) is 1. The van der Waals surface area contributed by atoms with Gasteiger partial charge in [0.05, 0.1) is 13.5 Å². The average molecular weight is 220 g/mol. The zero-order valence-electron chi connectivity index (χ0n) is 9.35. The zero-order chi connectivity index (χ0) is 11.5. The molecule has 1 saturated heterocycles. The van der Waals surface area contributed by atoms with E-state index < -0.39 is 0 Å². The molecule has 86 valence electrons. The molecule has 0 radical (unpaired) electrons. The first-order chi connectivity index (χ1) is 7.70. The molecule has 16 heavy (non-hydrogen) atoms. The second-order valence-electron chi connectivity index (χ2n) is 4.05. The summed E-state index contributed by atoms with van der Waals surface area (Å²) in [6.07, 6.45) is 0.386. The number of methoxy groups -OCH3 is 1. The van der Waals surface area contributed by atoms with Gasteiger partial charge in [-0.05, 0) is 6.07 Å². The third-order valence-corrected chi connectivity index (χ3v) is 2.80. The highest BCUT2D eigenvalue weighted by molar-refractivity contribution is 5.80. The topological polar surface area (TPSA) is 55.6 Å². The van der Waals surface area contributed by atoms with E-state index in [-0.39, 0.29) is 11.9 Å². The number of nitrogens with zero attached hydrogens (tertiary/aromatic N) is 1. The summed E-state index contributed by atoms with van der Waals surface area (Å²) in [5, 5.41) is 0. The van der Waals surface area contributed by atoms with Gasteiger partial charge in [0.15, 0.2) is 0 Å². The Morgan fingerprint density at radius 2 is 2.19 bits per heavy atom. The highest BCUT2D eigenvalue weighted by atomic mass is 16.5. The van der Waals surface area contributed by atoms with Crippen LogP contribution < -0.4 is 10.5 Å². The van der Waals surface area contributed by atoms with Crippen LogP contribution in [0.2, 0.25) is 0 Å². The number of carbonyl (C=O) groups excluding carboxylic acids is 1. The standard InChI is InChI=1S/C12H16N2O2/c1-16-11-5-3-2-4-9(11)6-12(15)14-7-10(13)8-14/h2-5,10H,6-8,13H2,1H3. The van der Waals surface area contributed by atoms with Gasteiger partial charge in [-0.1, -0.05) is 18.2 Å². The lowest BCUT2D eigenvalue weighted by atomic mass is 10.1. The van der Waals surface area contributed by atoms with Crippen LogP contribution in [0.15, 0.2) is 24.3 Å². The van der Waals surface area contributed by atoms with Crippen LogP contribution in [0.5, 0.6) is 5.75 Å². The molecule has 4 nitrogen and oxygen atoms in total. The molecule has 2 rings (SSSR count). The highest BCUT2D eigenvalue weighted by Crippen LogP contribution is 2.19. The van der Waals surface area contributed by atoms with Gasteiger partial charge in [-0.15, -0.1) is 0 Å². The Morgan fingerprint density at radius 1 is 1.50 bits per heavy atom. The van der Waals surface area contributed by atoms with Gasteiger partial charge in [-0.2, -0.15) is 0 Å². The number of hydrogen-bond donors (Lipinski definition) is 1. The van der Waals surface area contributed by atoms with E-state index in [1.807, 2.05) is 24.3 Å². The Hall–Kier alpha value is -1.55. The largest absolute Gasteiger partial charge is 0.496 e. The molecule has 1 aromatic carbocycles. The van der Waals surface area contributed by atoms with Crippen LogP contribution in [0, 0.1) is 0 Å². The van der Waals surface area contributed by atoms with Crippen molar-refractivity contribution in [1.29, 1.82) is 0 Å². The van der Waals surface area contributed by atoms with E-state index in [0.29, 0.717) is 19.5 Å². The summed E-state index contributed by atoms with van der Waals surface area (Å²) in [6, 6.07) is 7.74. The molecule has 2 N–H and O–H groups in total. The maximum absolute atomic E-state index is 11.8. The molecule has 1 heterocycles. The van der Waals surface area contributed by atoms with Gasteiger partial charge < -0.3 is 15.4 Å². The van der Waals surface area contributed by atoms with Gasteiger partial charge in [-0.25, -0.2) is 0 Å². The van der Waals surface area contributed by atoms with Gasteiger partial charge in [0.1, 0.15) is 5.75 Å². The maximum atomic E-state index is 11.8. The van der Waals surface area contributed by atoms with Gasteiger partial charge in [0, 0.05) is 24.7 Å². The summed E-state index contributed by atoms with van der Waals surface area (Å²) in [5.74, 6) is 0.881. The Bertz CT molecular complexity index is 386. The van der Waals surface area contributed by atoms with Crippen molar-refractivity contribution >= 4 is 5.91 Å². The van der Waals surface area contributed by atoms with E-state index in [9.17, 15) is 4.79 Å². The van der Waals surface area contributed by atoms with Crippen molar-refractivity contribution in [3.05, 3.63) is 29.8 Å². The van der Waals surface area contributed by atoms with Crippen molar-refractivity contribution in [2.75, 3.05) is 20.2 Å². The van der Waals surface area contributed by atoms with Crippen molar-refractivity contribution in [3.63, 3.8) is 0 Å². The minimum absolute atomic E-state index is 0.117. The van der Waals surface area contributed by atoms with Gasteiger partial charge in [-0.3, -0.25) is 4.79 Å². The number of hydrogen-bond acceptors (Lipinski definition) is 3. The molecule has 0 saturated carbocycles. The molecule has 1 aliphatic heterocycles. The smallest absolute Gasteiger partial charge is 0.227 e. The predicted molar refractivity (Wildman–Crippen MR) is 61.3 cm³/mol. The monoisotopic (exact) mass is 220 g/mol. The first-order valence-corrected chi connectivity index (χ1v) is 5.36. The van der Waals surface area contributed by atoms with Crippen molar-refractivity contribution in [2.45, 2.75) is 12.5 Å². The summed E-state index contributed by atoms with van der Waals surface area (Å²) < 4.78 is 5.20. The Kier molecular flexibility index (Phi) is 3.10. The second kappa shape index (κ2) is 4.53. The first-order valence-electron chi connectivity index (χ1n) is 5.36. The Labute approximate surface area is 95.0 Å². The third-order valence-electron chi connectivity index (χ3n) is 2.80. The predicted octanol–water partition coefficient (Wildman–Crippen LogP) is 0.407. The maximum Gasteiger partial charge on any atom is 0.227 e. The van der Waals surface area contributed by atoms with Crippen molar-refractivity contribution in [2.24, 2.45) is 5.73 Å². The summed E-state index contributed by atoms with van der Waals surface area (Å²) in [6.45, 7) is 1.35. The molecule has 1 fully saturated rings. The fraction of sp³-hybridized carbons (Fsp3) is 0.417. The third kappa shape index (κ3) is 2.17. The zero-order valence-corrected chi connectivity index (χ0v) is 9.35. The van der Waals surface area contributed by atoms with E-state index >= 15 is 0 Å². The molecule has 1 amide bonds. The average Bonchev–Trinajstić information content (AvgIpc) is 2.25. The molecule has 1 aliphatic rings. The van der Waals surface area contributed by atoms with E-state index in [2.05, 4.69) is 0 Å². The number of para-hydroxylation sites is 1. The fourth-order valence-corrected chi connectivity index (χ4v) is 1.84. The number of rotatable bonds is 3. The first kappa shape index (κ1) is 11.0. The van der Waals surface area contributed by atoms with Crippen LogP contribution in [0.1, 0.15) is 5.56 Å². The van der Waals surface area contributed by atoms with Crippen LogP contribution in [0.4, 0.5) is 0 Å². The number of benzene rings is 1. The minimum Gasteiger partial charge on any atom is -0.496 e. The van der Waals surface area contributed by atoms with Crippen molar-refractivity contribution < 1.29 is 9.53 Å². The van der Waals surface area contributed by atoms with Gasteiger partial charge >= 0.3 is 0 Å². The lowest BCUT2D eigenvalue weighted by Crippen LogP contribution is -2.58. The minimum atomic E-state index is 0.117. The Balaban J connectivity index is 2.00. The van der Waals surface area contributed by atoms with Crippen LogP contribution >= 0.6 is 0 Å². The van der Waals surface area contributed by atoms with Crippen LogP contribution in [0.25, 0.3) is 0 Å². The summed E-state index contributed by atoms with van der Waals surface area (Å²) in [5.41, 5.74) is 6.56. The molecule has 0 spiro atoms. The number of amides is 1. The summed E-state index contributed by atoms with van der Waals surface area (Å²) >= 11 is 0. The van der Waals surface area contributed by atoms with Crippen LogP contribution in [-0.2, 0) is 11.2 Å². The number of likely N-dealkylation sites (tertiary alicyclic amines) is 1. The van der Waals surface area contributed by atoms with Crippen LogP contribution in [0.3, 0.4) is 0 Å². The summed E-state index contributed by atoms with van der Waals surface area (Å²) in [4.78, 5) is 13.6. The van der Waals surface area contributed by atoms with Crippen molar-refractivity contribution in [3.8, 4) is 5.75 Å². The van der Waals surface area contributed by atoms with E-state index in [1.54, 1.807) is 12.0 Å². The quantitative estimate of drug-likeness (QED) is 0.802. The van der Waals surface area contributed by atoms with Gasteiger partial charge in [0.25, 0.3) is 0 Å². The molecule has 0 bridgehead atoms. The normalized spacial score (nSPS) is 15.8. The molecular formula is C12H16N2O2. The lowest BCUT2D eigenvalue weighted by Gasteiger charge is -2.37. The van der Waals surface area contributed by atoms with Crippen LogP contribution in [-0.4, -0.2) is 37.0 Å². The van der Waals surface area contributed by atoms with Crippen molar-refractivity contribution in [1.82, 2.24) is 4.90 Å². The van der Waals surface area contributed by atoms with Gasteiger partial charge in [0.2, 0.25) is 5.91 Å². The fourth-order valence-electron chi connectivity index (χ4n) is 1.84.